The molecule has 0 radical (unpaired) electrons. The maximum absolute atomic E-state index is 13.0. The molecule has 89 heavy (non-hydrogen) atoms. The highest BCUT2D eigenvalue weighted by Gasteiger charge is 2.30. The fourth-order valence-electron chi connectivity index (χ4n) is 9.94. The third-order valence-corrected chi connectivity index (χ3v) is 18.1. The fraction of sp³-hybridized carbons (Fsp3) is 0.886. The van der Waals surface area contributed by atoms with Crippen LogP contribution in [0.4, 0.5) is 0 Å². The van der Waals surface area contributed by atoms with E-state index in [-0.39, 0.29) is 25.7 Å². The summed E-state index contributed by atoms with van der Waals surface area (Å²) < 4.78 is 68.2. The summed E-state index contributed by atoms with van der Waals surface area (Å²) in [4.78, 5) is 72.5. The quantitative estimate of drug-likeness (QED) is 0.0169. The summed E-state index contributed by atoms with van der Waals surface area (Å²) in [5, 5.41) is 10.6. The molecule has 0 aliphatic carbocycles. The highest BCUT2D eigenvalue weighted by Crippen LogP contribution is 2.45. The summed E-state index contributed by atoms with van der Waals surface area (Å²) in [7, 11) is -9.91. The number of aliphatic hydroxyl groups is 1. The number of phosphoric acid groups is 2. The minimum atomic E-state index is -4.96. The van der Waals surface area contributed by atoms with E-state index >= 15 is 0 Å². The van der Waals surface area contributed by atoms with Crippen molar-refractivity contribution in [2.45, 2.75) is 343 Å². The number of hydrogen-bond acceptors (Lipinski definition) is 15. The first-order valence-corrected chi connectivity index (χ1v) is 38.7. The second-order valence-electron chi connectivity index (χ2n) is 25.5. The molecular weight excluding hydrogens is 1170 g/mol. The highest BCUT2D eigenvalue weighted by atomic mass is 31.2. The fourth-order valence-corrected chi connectivity index (χ4v) is 11.5. The molecule has 0 aliphatic rings. The lowest BCUT2D eigenvalue weighted by molar-refractivity contribution is -0.161. The number of hydrogen-bond donors (Lipinski definition) is 3. The van der Waals surface area contributed by atoms with E-state index in [9.17, 15) is 43.2 Å². The zero-order chi connectivity index (χ0) is 65.9. The summed E-state index contributed by atoms with van der Waals surface area (Å²) in [6.45, 7) is 11.7. The zero-order valence-corrected chi connectivity index (χ0v) is 59.2. The Morgan fingerprint density at radius 3 is 1.00 bits per heavy atom. The van der Waals surface area contributed by atoms with Crippen LogP contribution in [0, 0.1) is 17.8 Å². The van der Waals surface area contributed by atoms with E-state index in [0.29, 0.717) is 31.6 Å². The first-order valence-electron chi connectivity index (χ1n) is 35.7. The number of carbonyl (C=O) groups excluding carboxylic acids is 4. The molecule has 0 spiro atoms. The Bertz CT molecular complexity index is 1850. The van der Waals surface area contributed by atoms with Crippen LogP contribution in [-0.4, -0.2) is 96.7 Å². The van der Waals surface area contributed by atoms with Crippen molar-refractivity contribution in [2.75, 3.05) is 39.6 Å². The molecule has 0 aromatic rings. The van der Waals surface area contributed by atoms with Gasteiger partial charge in [0.15, 0.2) is 12.2 Å². The Labute approximate surface area is 542 Å². The summed E-state index contributed by atoms with van der Waals surface area (Å²) >= 11 is 0. The predicted molar refractivity (Wildman–Crippen MR) is 358 cm³/mol. The largest absolute Gasteiger partial charge is 0.472 e. The zero-order valence-electron chi connectivity index (χ0n) is 57.4. The van der Waals surface area contributed by atoms with Gasteiger partial charge < -0.3 is 33.8 Å². The maximum atomic E-state index is 13.0. The molecule has 7 atom stereocenters. The molecule has 0 heterocycles. The lowest BCUT2D eigenvalue weighted by atomic mass is 9.99. The summed E-state index contributed by atoms with van der Waals surface area (Å²) in [6, 6.07) is 0. The van der Waals surface area contributed by atoms with Crippen LogP contribution in [0.5, 0.6) is 0 Å². The normalized spacial score (nSPS) is 15.0. The molecular formula is C70H132O17P2. The molecule has 0 bridgehead atoms. The molecule has 0 rings (SSSR count). The van der Waals surface area contributed by atoms with Gasteiger partial charge in [0.1, 0.15) is 19.3 Å². The Balaban J connectivity index is 5.29. The van der Waals surface area contributed by atoms with Gasteiger partial charge in [-0.1, -0.05) is 272 Å². The molecule has 524 valence electrons. The van der Waals surface area contributed by atoms with Crippen molar-refractivity contribution >= 4 is 39.5 Å². The lowest BCUT2D eigenvalue weighted by Crippen LogP contribution is -2.30. The topological polar surface area (TPSA) is 237 Å². The Kier molecular flexibility index (Phi) is 58.8. The number of phosphoric ester groups is 2. The second-order valence-corrected chi connectivity index (χ2v) is 28.5. The molecule has 0 fully saturated rings. The highest BCUT2D eigenvalue weighted by molar-refractivity contribution is 7.47. The van der Waals surface area contributed by atoms with Gasteiger partial charge in [-0.2, -0.15) is 0 Å². The smallest absolute Gasteiger partial charge is 0.462 e. The van der Waals surface area contributed by atoms with E-state index in [1.54, 1.807) is 0 Å². The number of unbranched alkanes of at least 4 members (excludes halogenated alkanes) is 29. The SMILES string of the molecule is CCCCCC/C=C\C=C/CCCCCCCC(=O)O[C@H](COC(=O)CCCCCCCCCC(C)C)COP(=O)(O)OC[C@@H](O)COP(=O)(O)OC[C@@H](COC(=O)CCCCCCCCC(C)CC)OC(=O)CCCCCCCCCCCCC(C)CC. The molecule has 0 aliphatic heterocycles. The van der Waals surface area contributed by atoms with Gasteiger partial charge in [-0.3, -0.25) is 37.3 Å². The van der Waals surface area contributed by atoms with E-state index in [4.69, 9.17) is 37.0 Å². The van der Waals surface area contributed by atoms with Gasteiger partial charge in [0.25, 0.3) is 0 Å². The van der Waals surface area contributed by atoms with Crippen molar-refractivity contribution in [3.05, 3.63) is 24.3 Å². The third kappa shape index (κ3) is 61.5. The van der Waals surface area contributed by atoms with Crippen molar-refractivity contribution < 1.29 is 80.2 Å². The molecule has 0 aromatic heterocycles. The summed E-state index contributed by atoms with van der Waals surface area (Å²) in [6.07, 6.45) is 46.7. The van der Waals surface area contributed by atoms with Crippen LogP contribution in [-0.2, 0) is 65.4 Å². The van der Waals surface area contributed by atoms with Crippen LogP contribution in [0.3, 0.4) is 0 Å². The summed E-state index contributed by atoms with van der Waals surface area (Å²) in [5.41, 5.74) is 0. The van der Waals surface area contributed by atoms with E-state index in [2.05, 4.69) is 72.8 Å². The van der Waals surface area contributed by atoms with Crippen LogP contribution in [0.15, 0.2) is 24.3 Å². The first kappa shape index (κ1) is 86.5. The van der Waals surface area contributed by atoms with Crippen molar-refractivity contribution in [3.63, 3.8) is 0 Å². The monoisotopic (exact) mass is 1310 g/mol. The van der Waals surface area contributed by atoms with E-state index in [1.165, 1.54) is 109 Å². The molecule has 0 aromatic carbocycles. The Hall–Kier alpha value is -2.46. The minimum absolute atomic E-state index is 0.0836. The van der Waals surface area contributed by atoms with Gasteiger partial charge in [0.2, 0.25) is 0 Å². The number of allylic oxidation sites excluding steroid dienone is 4. The number of carbonyl (C=O) groups is 4. The van der Waals surface area contributed by atoms with E-state index in [1.807, 2.05) is 0 Å². The molecule has 0 saturated carbocycles. The van der Waals surface area contributed by atoms with Gasteiger partial charge in [0.05, 0.1) is 26.4 Å². The first-order chi connectivity index (χ1) is 42.8. The molecule has 19 heteroatoms. The van der Waals surface area contributed by atoms with E-state index in [0.717, 1.165) is 127 Å². The second kappa shape index (κ2) is 60.5. The number of aliphatic hydroxyl groups excluding tert-OH is 1. The molecule has 0 amide bonds. The van der Waals surface area contributed by atoms with Gasteiger partial charge in [-0.05, 0) is 69.1 Å². The number of esters is 4. The average molecular weight is 1310 g/mol. The van der Waals surface area contributed by atoms with Gasteiger partial charge in [-0.25, -0.2) is 9.13 Å². The molecule has 0 saturated heterocycles. The van der Waals surface area contributed by atoms with Crippen molar-refractivity contribution in [1.82, 2.24) is 0 Å². The summed E-state index contributed by atoms with van der Waals surface area (Å²) in [5.74, 6) is 0.0727. The van der Waals surface area contributed by atoms with Crippen LogP contribution in [0.25, 0.3) is 0 Å². The Morgan fingerprint density at radius 2 is 0.663 bits per heavy atom. The van der Waals surface area contributed by atoms with Gasteiger partial charge >= 0.3 is 39.5 Å². The maximum Gasteiger partial charge on any atom is 0.472 e. The van der Waals surface area contributed by atoms with Crippen LogP contribution in [0.1, 0.15) is 325 Å². The van der Waals surface area contributed by atoms with Crippen molar-refractivity contribution in [3.8, 4) is 0 Å². The number of ether oxygens (including phenoxy) is 4. The Morgan fingerprint density at radius 1 is 0.371 bits per heavy atom. The molecule has 3 N–H and O–H groups in total. The van der Waals surface area contributed by atoms with Crippen LogP contribution in [0.2, 0.25) is 0 Å². The lowest BCUT2D eigenvalue weighted by Gasteiger charge is -2.21. The predicted octanol–water partition coefficient (Wildman–Crippen LogP) is 19.4. The van der Waals surface area contributed by atoms with Crippen molar-refractivity contribution in [2.24, 2.45) is 17.8 Å². The number of rotatable bonds is 66. The van der Waals surface area contributed by atoms with Gasteiger partial charge in [0, 0.05) is 25.7 Å². The molecule has 4 unspecified atom stereocenters. The van der Waals surface area contributed by atoms with Crippen LogP contribution >= 0.6 is 15.6 Å². The standard InChI is InChI=1S/C70H132O17P2/c1-8-11-12-13-14-15-16-17-18-19-20-24-29-39-46-53-69(74)86-65(57-80-67(72)51-44-37-31-26-27-34-41-48-61(4)5)59-84-88(76,77)82-55-64(71)56-83-89(78,79)85-60-66(58-81-68(73)52-45-38-33-32-36-43-50-63(7)10-3)87-70(75)54-47-40-30-25-22-21-23-28-35-42-49-62(6)9-2/h15-18,61-66,71H,8-14,19-60H2,1-7H3,(H,76,77)(H,78,79)/b16-15-,18-17-/t62?,63?,64-,65-,66-/m1/s1. The minimum Gasteiger partial charge on any atom is -0.462 e. The molecule has 17 nitrogen and oxygen atoms in total. The average Bonchev–Trinajstić information content (AvgIpc) is 3.71. The van der Waals surface area contributed by atoms with E-state index < -0.39 is 97.5 Å². The van der Waals surface area contributed by atoms with Gasteiger partial charge in [-0.15, -0.1) is 0 Å². The van der Waals surface area contributed by atoms with Crippen LogP contribution < -0.4 is 0 Å². The third-order valence-electron chi connectivity index (χ3n) is 16.2. The van der Waals surface area contributed by atoms with Crippen molar-refractivity contribution in [1.29, 1.82) is 0 Å².